The van der Waals surface area contributed by atoms with E-state index in [0.29, 0.717) is 12.5 Å². The summed E-state index contributed by atoms with van der Waals surface area (Å²) in [6, 6.07) is 10.3. The lowest BCUT2D eigenvalue weighted by Crippen LogP contribution is -2.12. The molecule has 4 heteroatoms. The first-order valence-corrected chi connectivity index (χ1v) is 6.67. The van der Waals surface area contributed by atoms with Crippen LogP contribution in [0, 0.1) is 5.92 Å². The molecule has 1 fully saturated rings. The maximum atomic E-state index is 5.92. The summed E-state index contributed by atoms with van der Waals surface area (Å²) in [4.78, 5) is 5.33. The van der Waals surface area contributed by atoms with Crippen LogP contribution in [0.2, 0.25) is 0 Å². The highest BCUT2D eigenvalue weighted by molar-refractivity contribution is 9.18. The van der Waals surface area contributed by atoms with Gasteiger partial charge in [-0.3, -0.25) is 0 Å². The second-order valence-electron chi connectivity index (χ2n) is 4.55. The van der Waals surface area contributed by atoms with Gasteiger partial charge in [0.2, 0.25) is 0 Å². The quantitative estimate of drug-likeness (QED) is 0.858. The Labute approximate surface area is 109 Å². The summed E-state index contributed by atoms with van der Waals surface area (Å²) in [6.45, 7) is 0.680. The van der Waals surface area contributed by atoms with Gasteiger partial charge in [0.25, 0.3) is 0 Å². The first-order chi connectivity index (χ1) is 8.33. The third kappa shape index (κ3) is 2.38. The normalized spacial score (nSPS) is 30.9. The lowest BCUT2D eigenvalue weighted by Gasteiger charge is -2.11. The Kier molecular flexibility index (Phi) is 3.16. The Balaban J connectivity index is 1.53. The van der Waals surface area contributed by atoms with Crippen molar-refractivity contribution in [3.8, 4) is 0 Å². The highest BCUT2D eigenvalue weighted by Crippen LogP contribution is 2.37. The molecule has 17 heavy (non-hydrogen) atoms. The largest absolute Gasteiger partial charge is 0.391 e. The Bertz CT molecular complexity index is 421. The summed E-state index contributed by atoms with van der Waals surface area (Å²) < 4.78 is 6.86. The van der Waals surface area contributed by atoms with Crippen molar-refractivity contribution in [1.29, 1.82) is 0 Å². The minimum atomic E-state index is 0.213. The first kappa shape index (κ1) is 11.2. The zero-order chi connectivity index (χ0) is 11.7. The molecule has 1 saturated carbocycles. The van der Waals surface area contributed by atoms with E-state index in [1.54, 1.807) is 0 Å². The average molecular weight is 296 g/mol. The standard InChI is InChI=1S/C13H14BrNO2/c14-13-11-6-10(7-12(11)17-15-13)16-8-9-4-2-1-3-5-9/h1-5,10-12H,6-8H2/t10-,11+,12?/m0/s1. The highest BCUT2D eigenvalue weighted by atomic mass is 79.9. The number of nitrogens with zero attached hydrogens (tertiary/aromatic N) is 1. The smallest absolute Gasteiger partial charge is 0.139 e. The summed E-state index contributed by atoms with van der Waals surface area (Å²) in [5.41, 5.74) is 1.22. The Morgan fingerprint density at radius 2 is 2.12 bits per heavy atom. The van der Waals surface area contributed by atoms with Crippen molar-refractivity contribution in [2.75, 3.05) is 0 Å². The molecule has 2 aliphatic rings. The van der Waals surface area contributed by atoms with Crippen molar-refractivity contribution < 1.29 is 9.57 Å². The molecule has 1 aliphatic carbocycles. The van der Waals surface area contributed by atoms with E-state index in [0.717, 1.165) is 17.5 Å². The van der Waals surface area contributed by atoms with E-state index in [1.165, 1.54) is 5.56 Å². The maximum absolute atomic E-state index is 5.92. The molecule has 3 atom stereocenters. The number of fused-ring (bicyclic) bond motifs is 1. The van der Waals surface area contributed by atoms with Gasteiger partial charge < -0.3 is 9.57 Å². The summed E-state index contributed by atoms with van der Waals surface area (Å²) in [7, 11) is 0. The van der Waals surface area contributed by atoms with Crippen LogP contribution >= 0.6 is 15.9 Å². The van der Waals surface area contributed by atoms with Crippen molar-refractivity contribution in [2.24, 2.45) is 11.1 Å². The minimum absolute atomic E-state index is 0.213. The van der Waals surface area contributed by atoms with Gasteiger partial charge in [0.05, 0.1) is 18.6 Å². The zero-order valence-electron chi connectivity index (χ0n) is 9.38. The van der Waals surface area contributed by atoms with E-state index >= 15 is 0 Å². The van der Waals surface area contributed by atoms with Gasteiger partial charge in [-0.15, -0.1) is 0 Å². The van der Waals surface area contributed by atoms with E-state index in [9.17, 15) is 0 Å². The SMILES string of the molecule is BrC1=NOC2C[C@@H](OCc3ccccc3)C[C@@H]12. The molecule has 0 spiro atoms. The van der Waals surface area contributed by atoms with Crippen LogP contribution in [0.15, 0.2) is 35.5 Å². The zero-order valence-corrected chi connectivity index (χ0v) is 11.0. The second kappa shape index (κ2) is 4.78. The van der Waals surface area contributed by atoms with E-state index in [4.69, 9.17) is 9.57 Å². The molecule has 0 aromatic heterocycles. The highest BCUT2D eigenvalue weighted by Gasteiger charge is 2.42. The topological polar surface area (TPSA) is 30.8 Å². The molecule has 1 heterocycles. The Hall–Kier alpha value is -0.870. The molecule has 3 nitrogen and oxygen atoms in total. The van der Waals surface area contributed by atoms with E-state index in [-0.39, 0.29) is 12.2 Å². The Morgan fingerprint density at radius 3 is 2.88 bits per heavy atom. The van der Waals surface area contributed by atoms with Gasteiger partial charge in [0, 0.05) is 6.42 Å². The first-order valence-electron chi connectivity index (χ1n) is 5.87. The van der Waals surface area contributed by atoms with Crippen LogP contribution in [-0.2, 0) is 16.2 Å². The number of rotatable bonds is 3. The third-order valence-electron chi connectivity index (χ3n) is 3.37. The van der Waals surface area contributed by atoms with Crippen LogP contribution in [0.5, 0.6) is 0 Å². The third-order valence-corrected chi connectivity index (χ3v) is 4.10. The Morgan fingerprint density at radius 1 is 1.29 bits per heavy atom. The summed E-state index contributed by atoms with van der Waals surface area (Å²) >= 11 is 3.44. The maximum Gasteiger partial charge on any atom is 0.139 e. The van der Waals surface area contributed by atoms with Gasteiger partial charge in [-0.2, -0.15) is 0 Å². The predicted molar refractivity (Wildman–Crippen MR) is 69.0 cm³/mol. The summed E-state index contributed by atoms with van der Waals surface area (Å²) in [6.07, 6.45) is 2.44. The van der Waals surface area contributed by atoms with Crippen LogP contribution in [0.3, 0.4) is 0 Å². The number of hydrogen-bond donors (Lipinski definition) is 0. The molecule has 1 aromatic carbocycles. The van der Waals surface area contributed by atoms with E-state index in [1.807, 2.05) is 18.2 Å². The molecule has 3 rings (SSSR count). The fourth-order valence-corrected chi connectivity index (χ4v) is 3.00. The lowest BCUT2D eigenvalue weighted by molar-refractivity contribution is 0.0202. The van der Waals surface area contributed by atoms with Crippen molar-refractivity contribution in [3.63, 3.8) is 0 Å². The predicted octanol–water partition coefficient (Wildman–Crippen LogP) is 3.09. The van der Waals surface area contributed by atoms with Gasteiger partial charge in [-0.25, -0.2) is 0 Å². The minimum Gasteiger partial charge on any atom is -0.391 e. The second-order valence-corrected chi connectivity index (χ2v) is 5.37. The molecule has 1 aromatic rings. The fraction of sp³-hybridized carbons (Fsp3) is 0.462. The van der Waals surface area contributed by atoms with Crippen LogP contribution in [-0.4, -0.2) is 16.8 Å². The van der Waals surface area contributed by atoms with Gasteiger partial charge in [0.15, 0.2) is 0 Å². The number of ether oxygens (including phenoxy) is 1. The van der Waals surface area contributed by atoms with Crippen molar-refractivity contribution in [1.82, 2.24) is 0 Å². The van der Waals surface area contributed by atoms with E-state index < -0.39 is 0 Å². The molecular formula is C13H14BrNO2. The van der Waals surface area contributed by atoms with Crippen LogP contribution in [0.1, 0.15) is 18.4 Å². The van der Waals surface area contributed by atoms with Crippen LogP contribution in [0.4, 0.5) is 0 Å². The van der Waals surface area contributed by atoms with Crippen molar-refractivity contribution in [3.05, 3.63) is 35.9 Å². The van der Waals surface area contributed by atoms with Gasteiger partial charge >= 0.3 is 0 Å². The molecule has 0 saturated heterocycles. The lowest BCUT2D eigenvalue weighted by atomic mass is 10.1. The number of halogens is 1. The summed E-state index contributed by atoms with van der Waals surface area (Å²) in [5.74, 6) is 0.399. The number of benzene rings is 1. The number of hydrogen-bond acceptors (Lipinski definition) is 3. The van der Waals surface area contributed by atoms with Crippen molar-refractivity contribution >= 4 is 20.6 Å². The van der Waals surface area contributed by atoms with Gasteiger partial charge in [-0.1, -0.05) is 35.5 Å². The molecule has 0 N–H and O–H groups in total. The van der Waals surface area contributed by atoms with Crippen molar-refractivity contribution in [2.45, 2.75) is 31.7 Å². The average Bonchev–Trinajstić information content (AvgIpc) is 2.91. The molecule has 0 bridgehead atoms. The number of oxime groups is 1. The molecule has 0 radical (unpaired) electrons. The molecular weight excluding hydrogens is 282 g/mol. The van der Waals surface area contributed by atoms with Crippen LogP contribution < -0.4 is 0 Å². The van der Waals surface area contributed by atoms with Crippen LogP contribution in [0.25, 0.3) is 0 Å². The van der Waals surface area contributed by atoms with Gasteiger partial charge in [0.1, 0.15) is 10.7 Å². The van der Waals surface area contributed by atoms with E-state index in [2.05, 4.69) is 33.2 Å². The fourth-order valence-electron chi connectivity index (χ4n) is 2.43. The molecule has 0 amide bonds. The summed E-state index contributed by atoms with van der Waals surface area (Å²) in [5, 5.41) is 3.95. The molecule has 1 unspecified atom stereocenters. The van der Waals surface area contributed by atoms with Gasteiger partial charge in [-0.05, 0) is 27.9 Å². The monoisotopic (exact) mass is 295 g/mol. The molecule has 1 aliphatic heterocycles. The molecule has 90 valence electrons.